The number of hydrogen-bond donors (Lipinski definition) is 0. The monoisotopic (exact) mass is 190 g/mol. The lowest BCUT2D eigenvalue weighted by Gasteiger charge is -1.83. The molecule has 64 valence electrons. The molecule has 4 heteroatoms. The largest absolute Gasteiger partial charge is 0.472 e. The van der Waals surface area contributed by atoms with Crippen molar-refractivity contribution >= 4 is 16.3 Å². The normalized spacial score (nSPS) is 11.1. The van der Waals surface area contributed by atoms with Crippen molar-refractivity contribution < 1.29 is 4.42 Å². The lowest BCUT2D eigenvalue weighted by molar-refractivity contribution is 0.568. The minimum Gasteiger partial charge on any atom is -0.472 e. The zero-order valence-corrected chi connectivity index (χ0v) is 7.49. The fourth-order valence-electron chi connectivity index (χ4n) is 1.28. The van der Waals surface area contributed by atoms with Crippen molar-refractivity contribution in [1.82, 2.24) is 9.38 Å². The number of rotatable bonds is 1. The summed E-state index contributed by atoms with van der Waals surface area (Å²) in [7, 11) is 0. The Morgan fingerprint density at radius 2 is 2.46 bits per heavy atom. The van der Waals surface area contributed by atoms with Crippen molar-refractivity contribution in [2.24, 2.45) is 0 Å². The SMILES string of the molecule is c1cc(-c2cn3ccsc3n2)co1. The Morgan fingerprint density at radius 3 is 3.23 bits per heavy atom. The Bertz CT molecular complexity index is 492. The Morgan fingerprint density at radius 1 is 1.46 bits per heavy atom. The highest BCUT2D eigenvalue weighted by molar-refractivity contribution is 7.15. The molecule has 3 aromatic rings. The Labute approximate surface area is 78.3 Å². The van der Waals surface area contributed by atoms with E-state index in [0.29, 0.717) is 0 Å². The number of hydrogen-bond acceptors (Lipinski definition) is 3. The molecule has 0 atom stereocenters. The lowest BCUT2D eigenvalue weighted by atomic mass is 10.3. The zero-order valence-electron chi connectivity index (χ0n) is 6.68. The molecule has 3 aromatic heterocycles. The third-order valence-corrected chi connectivity index (χ3v) is 2.68. The molecule has 3 heterocycles. The first-order chi connectivity index (χ1) is 6.43. The van der Waals surface area contributed by atoms with Gasteiger partial charge >= 0.3 is 0 Å². The quantitative estimate of drug-likeness (QED) is 0.590. The molecule has 0 radical (unpaired) electrons. The summed E-state index contributed by atoms with van der Waals surface area (Å²) in [6.07, 6.45) is 7.35. The van der Waals surface area contributed by atoms with Crippen molar-refractivity contribution in [2.45, 2.75) is 0 Å². The second-order valence-corrected chi connectivity index (χ2v) is 3.60. The Hall–Kier alpha value is -1.55. The van der Waals surface area contributed by atoms with Crippen LogP contribution in [0.25, 0.3) is 16.2 Å². The molecule has 0 N–H and O–H groups in total. The van der Waals surface area contributed by atoms with Crippen LogP contribution in [0.1, 0.15) is 0 Å². The van der Waals surface area contributed by atoms with E-state index < -0.39 is 0 Å². The van der Waals surface area contributed by atoms with E-state index in [1.54, 1.807) is 23.9 Å². The number of furan rings is 1. The van der Waals surface area contributed by atoms with E-state index in [1.807, 2.05) is 28.2 Å². The van der Waals surface area contributed by atoms with Gasteiger partial charge in [0.15, 0.2) is 4.96 Å². The van der Waals surface area contributed by atoms with Crippen LogP contribution in [0.3, 0.4) is 0 Å². The molecule has 0 aliphatic carbocycles. The molecule has 0 aromatic carbocycles. The van der Waals surface area contributed by atoms with Crippen LogP contribution in [0, 0.1) is 0 Å². The molecule has 0 aliphatic rings. The maximum Gasteiger partial charge on any atom is 0.194 e. The van der Waals surface area contributed by atoms with Gasteiger partial charge in [-0.1, -0.05) is 0 Å². The maximum atomic E-state index is 5.00. The van der Waals surface area contributed by atoms with Gasteiger partial charge in [-0.05, 0) is 6.07 Å². The highest BCUT2D eigenvalue weighted by Gasteiger charge is 2.04. The first-order valence-electron chi connectivity index (χ1n) is 3.88. The van der Waals surface area contributed by atoms with Gasteiger partial charge in [-0.3, -0.25) is 4.40 Å². The summed E-state index contributed by atoms with van der Waals surface area (Å²) in [5.74, 6) is 0. The van der Waals surface area contributed by atoms with E-state index in [4.69, 9.17) is 4.42 Å². The standard InChI is InChI=1S/C9H6N2OS/c1-3-12-6-7(1)8-5-11-2-4-13-9(11)10-8/h1-6H. The highest BCUT2D eigenvalue weighted by Crippen LogP contribution is 2.21. The summed E-state index contributed by atoms with van der Waals surface area (Å²) in [5, 5.41) is 2.02. The summed E-state index contributed by atoms with van der Waals surface area (Å²) in [4.78, 5) is 5.45. The molecule has 13 heavy (non-hydrogen) atoms. The smallest absolute Gasteiger partial charge is 0.194 e. The topological polar surface area (TPSA) is 30.4 Å². The van der Waals surface area contributed by atoms with Gasteiger partial charge in [0.05, 0.1) is 18.2 Å². The summed E-state index contributed by atoms with van der Waals surface area (Å²) in [6.45, 7) is 0. The van der Waals surface area contributed by atoms with Gasteiger partial charge in [0.1, 0.15) is 0 Å². The van der Waals surface area contributed by atoms with Crippen molar-refractivity contribution in [3.63, 3.8) is 0 Å². The van der Waals surface area contributed by atoms with E-state index >= 15 is 0 Å². The molecule has 0 saturated carbocycles. The molecule has 0 aliphatic heterocycles. The predicted octanol–water partition coefficient (Wildman–Crippen LogP) is 2.66. The molecular formula is C9H6N2OS. The van der Waals surface area contributed by atoms with E-state index in [-0.39, 0.29) is 0 Å². The van der Waals surface area contributed by atoms with Gasteiger partial charge in [0.2, 0.25) is 0 Å². The average molecular weight is 190 g/mol. The third kappa shape index (κ3) is 0.990. The summed E-state index contributed by atoms with van der Waals surface area (Å²) in [5.41, 5.74) is 1.98. The van der Waals surface area contributed by atoms with Gasteiger partial charge in [0, 0.05) is 23.3 Å². The van der Waals surface area contributed by atoms with Crippen molar-refractivity contribution in [3.05, 3.63) is 36.4 Å². The first kappa shape index (κ1) is 6.91. The van der Waals surface area contributed by atoms with Crippen LogP contribution in [-0.4, -0.2) is 9.38 Å². The summed E-state index contributed by atoms with van der Waals surface area (Å²) in [6, 6.07) is 1.91. The number of nitrogens with zero attached hydrogens (tertiary/aromatic N) is 2. The van der Waals surface area contributed by atoms with Gasteiger partial charge in [-0.25, -0.2) is 4.98 Å². The summed E-state index contributed by atoms with van der Waals surface area (Å²) >= 11 is 1.63. The second-order valence-electron chi connectivity index (χ2n) is 2.73. The van der Waals surface area contributed by atoms with Gasteiger partial charge in [-0.15, -0.1) is 11.3 Å². The number of imidazole rings is 1. The molecule has 0 spiro atoms. The molecule has 0 unspecified atom stereocenters. The number of aromatic nitrogens is 2. The van der Waals surface area contributed by atoms with E-state index in [2.05, 4.69) is 4.98 Å². The zero-order chi connectivity index (χ0) is 8.67. The van der Waals surface area contributed by atoms with Crippen LogP contribution in [0.15, 0.2) is 40.8 Å². The summed E-state index contributed by atoms with van der Waals surface area (Å²) < 4.78 is 7.00. The van der Waals surface area contributed by atoms with Gasteiger partial charge in [-0.2, -0.15) is 0 Å². The highest BCUT2D eigenvalue weighted by atomic mass is 32.1. The van der Waals surface area contributed by atoms with E-state index in [9.17, 15) is 0 Å². The van der Waals surface area contributed by atoms with E-state index in [0.717, 1.165) is 16.2 Å². The van der Waals surface area contributed by atoms with Crippen LogP contribution in [0.4, 0.5) is 0 Å². The van der Waals surface area contributed by atoms with E-state index in [1.165, 1.54) is 0 Å². The number of fused-ring (bicyclic) bond motifs is 1. The molecule has 0 amide bonds. The Kier molecular flexibility index (Phi) is 1.31. The second kappa shape index (κ2) is 2.47. The third-order valence-electron chi connectivity index (χ3n) is 1.91. The minimum atomic E-state index is 0.959. The van der Waals surface area contributed by atoms with Crippen LogP contribution < -0.4 is 0 Å². The molecular weight excluding hydrogens is 184 g/mol. The lowest BCUT2D eigenvalue weighted by Crippen LogP contribution is -1.69. The molecule has 3 nitrogen and oxygen atoms in total. The van der Waals surface area contributed by atoms with Crippen molar-refractivity contribution in [3.8, 4) is 11.3 Å². The fourth-order valence-corrected chi connectivity index (χ4v) is 1.98. The maximum absolute atomic E-state index is 5.00. The molecule has 3 rings (SSSR count). The molecule has 0 saturated heterocycles. The van der Waals surface area contributed by atoms with Crippen LogP contribution >= 0.6 is 11.3 Å². The van der Waals surface area contributed by atoms with Crippen LogP contribution in [0.2, 0.25) is 0 Å². The predicted molar refractivity (Wildman–Crippen MR) is 50.8 cm³/mol. The van der Waals surface area contributed by atoms with Gasteiger partial charge < -0.3 is 4.42 Å². The average Bonchev–Trinajstić information content (AvgIpc) is 2.78. The first-order valence-corrected chi connectivity index (χ1v) is 4.76. The molecule has 0 fully saturated rings. The number of thiazole rings is 1. The fraction of sp³-hybridized carbons (Fsp3) is 0. The molecule has 0 bridgehead atoms. The Balaban J connectivity index is 2.23. The van der Waals surface area contributed by atoms with Crippen LogP contribution in [0.5, 0.6) is 0 Å². The minimum absolute atomic E-state index is 0.959. The van der Waals surface area contributed by atoms with Crippen LogP contribution in [-0.2, 0) is 0 Å². The van der Waals surface area contributed by atoms with Crippen molar-refractivity contribution in [1.29, 1.82) is 0 Å². The van der Waals surface area contributed by atoms with Crippen molar-refractivity contribution in [2.75, 3.05) is 0 Å². The van der Waals surface area contributed by atoms with Gasteiger partial charge in [0.25, 0.3) is 0 Å².